The van der Waals surface area contributed by atoms with Crippen molar-refractivity contribution >= 4 is 68.3 Å². The molecule has 0 unspecified atom stereocenters. The van der Waals surface area contributed by atoms with Crippen LogP contribution in [0.2, 0.25) is 0 Å². The van der Waals surface area contributed by atoms with E-state index in [1.807, 2.05) is 30.3 Å². The van der Waals surface area contributed by atoms with Gasteiger partial charge in [0.25, 0.3) is 0 Å². The second-order valence-corrected chi connectivity index (χ2v) is 7.05. The normalized spacial score (nSPS) is 18.8. The molecule has 2 heterocycles. The zero-order chi connectivity index (χ0) is 18.8. The summed E-state index contributed by atoms with van der Waals surface area (Å²) in [5.74, 6) is -0.684. The van der Waals surface area contributed by atoms with Crippen molar-refractivity contribution < 1.29 is 9.90 Å². The summed E-state index contributed by atoms with van der Waals surface area (Å²) in [4.78, 5) is 20.7. The van der Waals surface area contributed by atoms with Gasteiger partial charge in [-0.25, -0.2) is 0 Å². The Morgan fingerprint density at radius 1 is 1.11 bits per heavy atom. The molecule has 1 fully saturated rings. The number of nitriles is 1. The Hall–Kier alpha value is -1.62. The van der Waals surface area contributed by atoms with Crippen molar-refractivity contribution in [2.24, 2.45) is 5.92 Å². The van der Waals surface area contributed by atoms with E-state index in [1.165, 1.54) is 0 Å². The first kappa shape index (κ1) is 21.1. The Morgan fingerprint density at radius 2 is 1.89 bits per heavy atom. The van der Waals surface area contributed by atoms with Crippen LogP contribution in [0.3, 0.4) is 0 Å². The van der Waals surface area contributed by atoms with Crippen LogP contribution < -0.4 is 0 Å². The van der Waals surface area contributed by atoms with Gasteiger partial charge in [-0.1, -0.05) is 18.2 Å². The van der Waals surface area contributed by atoms with Crippen molar-refractivity contribution in [1.29, 1.82) is 5.26 Å². The fourth-order valence-electron chi connectivity index (χ4n) is 3.89. The van der Waals surface area contributed by atoms with Crippen molar-refractivity contribution in [3.63, 3.8) is 0 Å². The maximum absolute atomic E-state index is 11.2. The predicted octanol–water partition coefficient (Wildman–Crippen LogP) is 4.15. The van der Waals surface area contributed by atoms with Crippen molar-refractivity contribution in [3.8, 4) is 17.3 Å². The van der Waals surface area contributed by atoms with E-state index in [0.29, 0.717) is 18.4 Å². The molecule has 4 rings (SSSR count). The van der Waals surface area contributed by atoms with Crippen LogP contribution in [-0.4, -0.2) is 72.4 Å². The van der Waals surface area contributed by atoms with Crippen molar-refractivity contribution in [3.05, 3.63) is 59.9 Å². The van der Waals surface area contributed by atoms with E-state index >= 15 is 0 Å². The monoisotopic (exact) mass is 396 g/mol. The molecule has 1 aliphatic rings. The van der Waals surface area contributed by atoms with Gasteiger partial charge in [0.2, 0.25) is 0 Å². The first-order valence-electron chi connectivity index (χ1n) is 9.14. The van der Waals surface area contributed by atoms with Gasteiger partial charge < -0.3 is 5.11 Å². The van der Waals surface area contributed by atoms with Crippen molar-refractivity contribution in [2.75, 3.05) is 0 Å². The molecule has 1 aliphatic carbocycles. The Labute approximate surface area is 206 Å². The maximum atomic E-state index is 11.2. The quantitative estimate of drug-likeness (QED) is 0.672. The van der Waals surface area contributed by atoms with Crippen LogP contribution >= 0.6 is 0 Å². The van der Waals surface area contributed by atoms with Crippen molar-refractivity contribution in [2.45, 2.75) is 31.6 Å². The zero-order valence-corrected chi connectivity index (χ0v) is 18.9. The van der Waals surface area contributed by atoms with Crippen LogP contribution in [-0.2, 0) is 4.79 Å². The summed E-state index contributed by atoms with van der Waals surface area (Å²) >= 11 is 0. The van der Waals surface area contributed by atoms with Crippen LogP contribution in [0.4, 0.5) is 0 Å². The molecule has 135 valence electrons. The van der Waals surface area contributed by atoms with E-state index in [9.17, 15) is 15.2 Å². The molecule has 1 N–H and O–H groups in total. The summed E-state index contributed by atoms with van der Waals surface area (Å²) in [5, 5.41) is 19.5. The molecular weight excluding hydrogens is 377 g/mol. The van der Waals surface area contributed by atoms with Crippen LogP contribution in [0.15, 0.2) is 48.7 Å². The average Bonchev–Trinajstić information content (AvgIpc) is 2.73. The van der Waals surface area contributed by atoms with Gasteiger partial charge in [0.15, 0.2) is 0 Å². The largest absolute Gasteiger partial charge is 0.481 e. The number of hydrogen-bond donors (Lipinski definition) is 1. The molecule has 5 nitrogen and oxygen atoms in total. The number of carbonyl (C=O) groups is 1. The number of carboxylic acid groups (broad SMARTS) is 1. The van der Waals surface area contributed by atoms with Gasteiger partial charge in [0.1, 0.15) is 0 Å². The molecule has 1 radical (unpaired) electrons. The van der Waals surface area contributed by atoms with Crippen LogP contribution in [0.1, 0.15) is 42.9 Å². The van der Waals surface area contributed by atoms with Gasteiger partial charge in [-0.15, -0.1) is 0 Å². The van der Waals surface area contributed by atoms with Crippen molar-refractivity contribution in [1.82, 2.24) is 9.97 Å². The molecule has 28 heavy (non-hydrogen) atoms. The molecule has 6 heteroatoms. The Kier molecular flexibility index (Phi) is 6.97. The Bertz CT molecular complexity index is 1050. The number of carboxylic acids is 1. The Morgan fingerprint density at radius 3 is 2.61 bits per heavy atom. The zero-order valence-electron chi connectivity index (χ0n) is 15.8. The molecule has 1 aromatic carbocycles. The number of aromatic nitrogens is 2. The third kappa shape index (κ3) is 4.34. The van der Waals surface area contributed by atoms with E-state index in [1.54, 1.807) is 12.3 Å². The molecule has 1 saturated carbocycles. The molecule has 0 spiro atoms. The number of pyridine rings is 2. The SMILES string of the molecule is N#Cc1cccc(-c2nc(C3CCC(C(=O)O)CC3)cc3cccnc23)c1.[K]. The molecule has 2 aromatic heterocycles. The summed E-state index contributed by atoms with van der Waals surface area (Å²) < 4.78 is 0. The predicted molar refractivity (Wildman–Crippen MR) is 108 cm³/mol. The first-order chi connectivity index (χ1) is 13.2. The van der Waals surface area contributed by atoms with Crippen LogP contribution in [0, 0.1) is 17.2 Å². The minimum Gasteiger partial charge on any atom is -0.481 e. The third-order valence-corrected chi connectivity index (χ3v) is 5.37. The molecule has 0 amide bonds. The maximum Gasteiger partial charge on any atom is 0.306 e. The van der Waals surface area contributed by atoms with E-state index in [-0.39, 0.29) is 63.2 Å². The summed E-state index contributed by atoms with van der Waals surface area (Å²) in [6.45, 7) is 0. The van der Waals surface area contributed by atoms with Gasteiger partial charge in [-0.2, -0.15) is 5.26 Å². The average molecular weight is 397 g/mol. The van der Waals surface area contributed by atoms with Crippen LogP contribution in [0.5, 0.6) is 0 Å². The molecule has 0 atom stereocenters. The molecule has 0 aliphatic heterocycles. The number of fused-ring (bicyclic) bond motifs is 1. The van der Waals surface area contributed by atoms with E-state index in [2.05, 4.69) is 17.1 Å². The summed E-state index contributed by atoms with van der Waals surface area (Å²) in [6, 6.07) is 15.6. The molecule has 0 saturated heterocycles. The number of aliphatic carboxylic acids is 1. The number of hydrogen-bond acceptors (Lipinski definition) is 4. The minimum absolute atomic E-state index is 0. The number of nitrogens with zero attached hydrogens (tertiary/aromatic N) is 3. The fourth-order valence-corrected chi connectivity index (χ4v) is 3.89. The van der Waals surface area contributed by atoms with Gasteiger partial charge in [0, 0.05) is 80.1 Å². The molecule has 0 bridgehead atoms. The van der Waals surface area contributed by atoms with Gasteiger partial charge in [-0.05, 0) is 49.9 Å². The van der Waals surface area contributed by atoms with E-state index in [0.717, 1.165) is 40.7 Å². The second-order valence-electron chi connectivity index (χ2n) is 7.05. The number of benzene rings is 1. The van der Waals surface area contributed by atoms with E-state index < -0.39 is 5.97 Å². The van der Waals surface area contributed by atoms with Crippen LogP contribution in [0.25, 0.3) is 22.2 Å². The summed E-state index contributed by atoms with van der Waals surface area (Å²) in [5.41, 5.74) is 4.04. The topological polar surface area (TPSA) is 86.9 Å². The molecule has 3 aromatic rings. The fraction of sp³-hybridized carbons (Fsp3) is 0.273. The second kappa shape index (κ2) is 9.25. The minimum atomic E-state index is -0.696. The number of rotatable bonds is 3. The molecular formula is C22H19KN3O2. The van der Waals surface area contributed by atoms with Gasteiger partial charge in [-0.3, -0.25) is 14.8 Å². The Balaban J connectivity index is 0.00000225. The smallest absolute Gasteiger partial charge is 0.306 e. The van der Waals surface area contributed by atoms with E-state index in [4.69, 9.17) is 4.98 Å². The van der Waals surface area contributed by atoms with Gasteiger partial charge in [0.05, 0.1) is 28.8 Å². The standard InChI is InChI=1S/C22H19N3O2.K/c23-13-14-3-1-4-17(11-14)21-20-18(5-2-10-24-20)12-19(25-21)15-6-8-16(9-7-15)22(26)27;/h1-5,10-12,15-16H,6-9H2,(H,26,27);. The third-order valence-electron chi connectivity index (χ3n) is 5.37. The van der Waals surface area contributed by atoms with Gasteiger partial charge >= 0.3 is 5.97 Å². The summed E-state index contributed by atoms with van der Waals surface area (Å²) in [6.07, 6.45) is 4.78. The first-order valence-corrected chi connectivity index (χ1v) is 9.14. The summed E-state index contributed by atoms with van der Waals surface area (Å²) in [7, 11) is 0.